The van der Waals surface area contributed by atoms with Crippen molar-refractivity contribution in [2.24, 2.45) is 11.7 Å². The second-order valence-electron chi connectivity index (χ2n) is 3.47. The lowest BCUT2D eigenvalue weighted by molar-refractivity contribution is -0.137. The van der Waals surface area contributed by atoms with E-state index in [0.29, 0.717) is 5.92 Å². The van der Waals surface area contributed by atoms with Gasteiger partial charge in [-0.1, -0.05) is 13.0 Å². The molecule has 0 aromatic rings. The zero-order chi connectivity index (χ0) is 9.14. The van der Waals surface area contributed by atoms with Crippen molar-refractivity contribution in [2.75, 3.05) is 0 Å². The van der Waals surface area contributed by atoms with Crippen molar-refractivity contribution in [1.29, 1.82) is 0 Å². The predicted octanol–water partition coefficient (Wildman–Crippen LogP) is 1.14. The van der Waals surface area contributed by atoms with Crippen LogP contribution in [-0.4, -0.2) is 17.1 Å². The summed E-state index contributed by atoms with van der Waals surface area (Å²) >= 11 is 0. The Morgan fingerprint density at radius 3 is 2.92 bits per heavy atom. The fraction of sp³-hybridized carbons (Fsp3) is 0.667. The van der Waals surface area contributed by atoms with Crippen LogP contribution in [0.25, 0.3) is 0 Å². The maximum absolute atomic E-state index is 10.5. The molecule has 1 aliphatic rings. The van der Waals surface area contributed by atoms with Gasteiger partial charge in [-0.2, -0.15) is 0 Å². The van der Waals surface area contributed by atoms with Crippen LogP contribution in [0.3, 0.4) is 0 Å². The lowest BCUT2D eigenvalue weighted by Gasteiger charge is -2.20. The molecule has 0 spiro atoms. The van der Waals surface area contributed by atoms with E-state index in [-0.39, 0.29) is 0 Å². The van der Waals surface area contributed by atoms with Crippen molar-refractivity contribution in [3.05, 3.63) is 11.6 Å². The molecule has 0 radical (unpaired) electrons. The van der Waals surface area contributed by atoms with Crippen LogP contribution < -0.4 is 5.73 Å². The number of hydrogen-bond acceptors (Lipinski definition) is 2. The average Bonchev–Trinajstić information content (AvgIpc) is 2.04. The molecule has 0 saturated heterocycles. The van der Waals surface area contributed by atoms with E-state index in [9.17, 15) is 4.79 Å². The highest BCUT2D eigenvalue weighted by atomic mass is 16.4. The largest absolute Gasteiger partial charge is 0.480 e. The van der Waals surface area contributed by atoms with Gasteiger partial charge in [0.2, 0.25) is 0 Å². The molecule has 1 rings (SSSR count). The first kappa shape index (κ1) is 9.26. The minimum Gasteiger partial charge on any atom is -0.480 e. The van der Waals surface area contributed by atoms with E-state index in [1.807, 2.05) is 6.08 Å². The zero-order valence-electron chi connectivity index (χ0n) is 7.29. The van der Waals surface area contributed by atoms with Gasteiger partial charge in [0.05, 0.1) is 0 Å². The number of nitrogens with two attached hydrogens (primary N) is 1. The van der Waals surface area contributed by atoms with Crippen LogP contribution in [0.5, 0.6) is 0 Å². The quantitative estimate of drug-likeness (QED) is 0.609. The Labute approximate surface area is 72.3 Å². The maximum atomic E-state index is 10.5. The Balaban J connectivity index is 2.58. The summed E-state index contributed by atoms with van der Waals surface area (Å²) in [6.45, 7) is 2.17. The van der Waals surface area contributed by atoms with Crippen LogP contribution in [0.15, 0.2) is 11.6 Å². The Hall–Kier alpha value is -0.830. The van der Waals surface area contributed by atoms with Gasteiger partial charge in [-0.3, -0.25) is 4.79 Å². The third kappa shape index (κ3) is 2.08. The standard InChI is InChI=1S/C9H15NO2/c1-6-2-4-7(5-3-6)8(10)9(11)12/h4,6,8H,2-3,5,10H2,1H3,(H,11,12). The van der Waals surface area contributed by atoms with Crippen LogP contribution in [0.2, 0.25) is 0 Å². The van der Waals surface area contributed by atoms with Gasteiger partial charge in [-0.25, -0.2) is 0 Å². The summed E-state index contributed by atoms with van der Waals surface area (Å²) in [5.74, 6) is -0.245. The molecule has 2 atom stereocenters. The van der Waals surface area contributed by atoms with Crippen LogP contribution >= 0.6 is 0 Å². The molecule has 0 fully saturated rings. The topological polar surface area (TPSA) is 63.3 Å². The summed E-state index contributed by atoms with van der Waals surface area (Å²) in [5.41, 5.74) is 6.36. The smallest absolute Gasteiger partial charge is 0.324 e. The number of aliphatic carboxylic acids is 1. The third-order valence-electron chi connectivity index (χ3n) is 2.37. The van der Waals surface area contributed by atoms with Crippen LogP contribution in [0.1, 0.15) is 26.2 Å². The van der Waals surface area contributed by atoms with Gasteiger partial charge in [0.1, 0.15) is 6.04 Å². The van der Waals surface area contributed by atoms with E-state index in [0.717, 1.165) is 24.8 Å². The molecule has 0 aromatic carbocycles. The van der Waals surface area contributed by atoms with Crippen LogP contribution in [0.4, 0.5) is 0 Å². The summed E-state index contributed by atoms with van der Waals surface area (Å²) in [7, 11) is 0. The minimum absolute atomic E-state index is 0.676. The second-order valence-corrected chi connectivity index (χ2v) is 3.47. The summed E-state index contributed by atoms with van der Waals surface area (Å²) in [5, 5.41) is 8.63. The van der Waals surface area contributed by atoms with Gasteiger partial charge < -0.3 is 10.8 Å². The van der Waals surface area contributed by atoms with E-state index < -0.39 is 12.0 Å². The van der Waals surface area contributed by atoms with Crippen molar-refractivity contribution in [2.45, 2.75) is 32.2 Å². The van der Waals surface area contributed by atoms with E-state index in [1.54, 1.807) is 0 Å². The normalized spacial score (nSPS) is 26.2. The van der Waals surface area contributed by atoms with Gasteiger partial charge in [-0.05, 0) is 30.8 Å². The van der Waals surface area contributed by atoms with Gasteiger partial charge in [-0.15, -0.1) is 0 Å². The van der Waals surface area contributed by atoms with E-state index in [2.05, 4.69) is 6.92 Å². The van der Waals surface area contributed by atoms with Gasteiger partial charge in [0.25, 0.3) is 0 Å². The van der Waals surface area contributed by atoms with Gasteiger partial charge in [0, 0.05) is 0 Å². The van der Waals surface area contributed by atoms with Crippen LogP contribution in [-0.2, 0) is 4.79 Å². The fourth-order valence-corrected chi connectivity index (χ4v) is 1.43. The second kappa shape index (κ2) is 3.72. The monoisotopic (exact) mass is 169 g/mol. The lowest BCUT2D eigenvalue weighted by atomic mass is 9.88. The van der Waals surface area contributed by atoms with E-state index >= 15 is 0 Å². The highest BCUT2D eigenvalue weighted by Gasteiger charge is 2.20. The van der Waals surface area contributed by atoms with E-state index in [1.165, 1.54) is 0 Å². The first-order chi connectivity index (χ1) is 5.61. The number of allylic oxidation sites excluding steroid dienone is 1. The fourth-order valence-electron chi connectivity index (χ4n) is 1.43. The molecule has 1 aliphatic carbocycles. The van der Waals surface area contributed by atoms with Crippen molar-refractivity contribution in [1.82, 2.24) is 0 Å². The number of hydrogen-bond donors (Lipinski definition) is 2. The molecule has 0 bridgehead atoms. The minimum atomic E-state index is -0.921. The Kier molecular flexibility index (Phi) is 2.87. The molecule has 0 saturated carbocycles. The molecule has 0 amide bonds. The number of rotatable bonds is 2. The molecular weight excluding hydrogens is 154 g/mol. The first-order valence-corrected chi connectivity index (χ1v) is 4.28. The first-order valence-electron chi connectivity index (χ1n) is 4.28. The molecular formula is C9H15NO2. The van der Waals surface area contributed by atoms with Gasteiger partial charge >= 0.3 is 5.97 Å². The van der Waals surface area contributed by atoms with E-state index in [4.69, 9.17) is 10.8 Å². The molecule has 3 N–H and O–H groups in total. The lowest BCUT2D eigenvalue weighted by Crippen LogP contribution is -2.33. The van der Waals surface area contributed by atoms with Crippen molar-refractivity contribution in [3.8, 4) is 0 Å². The Morgan fingerprint density at radius 2 is 2.50 bits per heavy atom. The van der Waals surface area contributed by atoms with Crippen molar-refractivity contribution in [3.63, 3.8) is 0 Å². The molecule has 12 heavy (non-hydrogen) atoms. The molecule has 0 aromatic heterocycles. The molecule has 68 valence electrons. The summed E-state index contributed by atoms with van der Waals surface area (Å²) < 4.78 is 0. The summed E-state index contributed by atoms with van der Waals surface area (Å²) in [4.78, 5) is 10.5. The molecule has 3 nitrogen and oxygen atoms in total. The molecule has 3 heteroatoms. The van der Waals surface area contributed by atoms with Gasteiger partial charge in [0.15, 0.2) is 0 Å². The predicted molar refractivity (Wildman–Crippen MR) is 46.7 cm³/mol. The summed E-state index contributed by atoms with van der Waals surface area (Å²) in [6, 6.07) is -0.780. The average molecular weight is 169 g/mol. The number of carboxylic acid groups (broad SMARTS) is 1. The Bertz CT molecular complexity index is 211. The highest BCUT2D eigenvalue weighted by Crippen LogP contribution is 2.24. The van der Waals surface area contributed by atoms with Crippen molar-refractivity contribution < 1.29 is 9.90 Å². The SMILES string of the molecule is CC1CC=C(C(N)C(=O)O)CC1. The zero-order valence-corrected chi connectivity index (χ0v) is 7.29. The molecule has 0 heterocycles. The molecule has 2 unspecified atom stereocenters. The molecule has 0 aliphatic heterocycles. The third-order valence-corrected chi connectivity index (χ3v) is 2.37. The highest BCUT2D eigenvalue weighted by molar-refractivity contribution is 5.77. The van der Waals surface area contributed by atoms with Crippen molar-refractivity contribution >= 4 is 5.97 Å². The Morgan fingerprint density at radius 1 is 1.83 bits per heavy atom. The number of carboxylic acids is 1. The maximum Gasteiger partial charge on any atom is 0.324 e. The summed E-state index contributed by atoms with van der Waals surface area (Å²) in [6.07, 6.45) is 4.85. The number of carbonyl (C=O) groups is 1. The van der Waals surface area contributed by atoms with Crippen LogP contribution in [0, 0.1) is 5.92 Å².